The molecule has 0 atom stereocenters. The van der Waals surface area contributed by atoms with Gasteiger partial charge in [-0.05, 0) is 13.3 Å². The summed E-state index contributed by atoms with van der Waals surface area (Å²) in [5.74, 6) is 0.962. The van der Waals surface area contributed by atoms with E-state index in [4.69, 9.17) is 11.6 Å². The molecule has 1 aromatic heterocycles. The van der Waals surface area contributed by atoms with Crippen molar-refractivity contribution in [3.05, 3.63) is 12.0 Å². The van der Waals surface area contributed by atoms with E-state index in [9.17, 15) is 8.42 Å². The Morgan fingerprint density at radius 1 is 1.44 bits per heavy atom. The maximum absolute atomic E-state index is 12.4. The molecule has 18 heavy (non-hydrogen) atoms. The lowest BCUT2D eigenvalue weighted by Gasteiger charge is -2.19. The lowest BCUT2D eigenvalue weighted by atomic mass is 10.3. The third-order valence-corrected chi connectivity index (χ3v) is 4.73. The molecule has 0 aromatic carbocycles. The maximum atomic E-state index is 12.4. The molecule has 0 amide bonds. The monoisotopic (exact) mass is 293 g/mol. The molecule has 0 aliphatic rings. The van der Waals surface area contributed by atoms with Crippen molar-refractivity contribution < 1.29 is 8.42 Å². The van der Waals surface area contributed by atoms with Crippen LogP contribution in [0.2, 0.25) is 0 Å². The summed E-state index contributed by atoms with van der Waals surface area (Å²) in [6, 6.07) is 0. The van der Waals surface area contributed by atoms with Crippen LogP contribution in [0.25, 0.3) is 0 Å². The van der Waals surface area contributed by atoms with Gasteiger partial charge < -0.3 is 4.57 Å². The number of aryl methyl sites for hydroxylation is 2. The molecule has 0 saturated carbocycles. The van der Waals surface area contributed by atoms with E-state index in [1.807, 2.05) is 6.92 Å². The molecule has 0 aliphatic heterocycles. The summed E-state index contributed by atoms with van der Waals surface area (Å²) in [4.78, 5) is 4.08. The minimum absolute atomic E-state index is 0.101. The van der Waals surface area contributed by atoms with Crippen LogP contribution >= 0.6 is 11.6 Å². The zero-order valence-electron chi connectivity index (χ0n) is 11.1. The van der Waals surface area contributed by atoms with E-state index >= 15 is 0 Å². The minimum atomic E-state index is -3.52. The predicted molar refractivity (Wildman–Crippen MR) is 72.3 cm³/mol. The van der Waals surface area contributed by atoms with Crippen molar-refractivity contribution in [3.63, 3.8) is 0 Å². The molecule has 1 aromatic rings. The third kappa shape index (κ3) is 3.46. The van der Waals surface area contributed by atoms with E-state index in [0.29, 0.717) is 18.9 Å². The normalized spacial score (nSPS) is 12.3. The number of unbranched alkanes of at least 4 members (excludes halogenated alkanes) is 1. The molecular weight excluding hydrogens is 274 g/mol. The van der Waals surface area contributed by atoms with Crippen LogP contribution in [0, 0.1) is 6.92 Å². The van der Waals surface area contributed by atoms with Gasteiger partial charge in [-0.25, -0.2) is 13.4 Å². The number of aromatic nitrogens is 2. The van der Waals surface area contributed by atoms with Crippen molar-refractivity contribution >= 4 is 21.6 Å². The van der Waals surface area contributed by atoms with Crippen LogP contribution in [0.1, 0.15) is 25.6 Å². The summed E-state index contributed by atoms with van der Waals surface area (Å²) in [5, 5.41) is 0.101. The zero-order chi connectivity index (χ0) is 13.8. The first-order valence-electron chi connectivity index (χ1n) is 5.99. The van der Waals surface area contributed by atoms with Gasteiger partial charge in [0.1, 0.15) is 5.82 Å². The van der Waals surface area contributed by atoms with Gasteiger partial charge in [-0.2, -0.15) is 4.31 Å². The molecule has 1 heterocycles. The molecule has 0 fully saturated rings. The van der Waals surface area contributed by atoms with E-state index in [-0.39, 0.29) is 10.9 Å². The molecule has 104 valence electrons. The Morgan fingerprint density at radius 3 is 2.56 bits per heavy atom. The van der Waals surface area contributed by atoms with Crippen LogP contribution in [0.5, 0.6) is 0 Å². The molecule has 1 rings (SSSR count). The Balaban J connectivity index is 3.00. The molecule has 0 aliphatic carbocycles. The molecule has 0 N–H and O–H groups in total. The number of alkyl halides is 1. The second-order valence-corrected chi connectivity index (χ2v) is 6.45. The number of halogens is 1. The highest BCUT2D eigenvalue weighted by Gasteiger charge is 2.26. The Kier molecular flexibility index (Phi) is 5.62. The number of imidazole rings is 1. The zero-order valence-corrected chi connectivity index (χ0v) is 12.6. The Labute approximate surface area is 114 Å². The standard InChI is InChI=1S/C11H20ClN3O2S/c1-4-5-7-15(8-6-12)18(16,17)11-9-14(3)10(2)13-11/h9H,4-8H2,1-3H3. The summed E-state index contributed by atoms with van der Waals surface area (Å²) in [6.45, 7) is 4.61. The highest BCUT2D eigenvalue weighted by atomic mass is 35.5. The smallest absolute Gasteiger partial charge is 0.262 e. The number of hydrogen-bond donors (Lipinski definition) is 0. The van der Waals surface area contributed by atoms with Crippen molar-refractivity contribution in [2.45, 2.75) is 31.7 Å². The third-order valence-electron chi connectivity index (χ3n) is 2.79. The molecule has 5 nitrogen and oxygen atoms in total. The fourth-order valence-electron chi connectivity index (χ4n) is 1.56. The summed E-state index contributed by atoms with van der Waals surface area (Å²) >= 11 is 5.67. The van der Waals surface area contributed by atoms with Crippen molar-refractivity contribution in [2.24, 2.45) is 7.05 Å². The van der Waals surface area contributed by atoms with Gasteiger partial charge in [0, 0.05) is 32.2 Å². The molecule has 0 saturated heterocycles. The van der Waals surface area contributed by atoms with Crippen LogP contribution in [0.15, 0.2) is 11.2 Å². The number of hydrogen-bond acceptors (Lipinski definition) is 3. The second-order valence-electron chi connectivity index (χ2n) is 4.18. The summed E-state index contributed by atoms with van der Waals surface area (Å²) < 4.78 is 27.9. The quantitative estimate of drug-likeness (QED) is 0.720. The largest absolute Gasteiger partial charge is 0.337 e. The molecule has 0 radical (unpaired) electrons. The molecular formula is C11H20ClN3O2S. The Bertz CT molecular complexity index is 465. The van der Waals surface area contributed by atoms with Gasteiger partial charge in [0.25, 0.3) is 10.0 Å². The summed E-state index contributed by atoms with van der Waals surface area (Å²) in [5.41, 5.74) is 0. The first-order chi connectivity index (χ1) is 8.43. The lowest BCUT2D eigenvalue weighted by molar-refractivity contribution is 0.418. The van der Waals surface area contributed by atoms with Gasteiger partial charge in [0.05, 0.1) is 0 Å². The van der Waals surface area contributed by atoms with E-state index < -0.39 is 10.0 Å². The number of nitrogens with zero attached hydrogens (tertiary/aromatic N) is 3. The first-order valence-corrected chi connectivity index (χ1v) is 7.97. The van der Waals surface area contributed by atoms with Crippen molar-refractivity contribution in [3.8, 4) is 0 Å². The Morgan fingerprint density at radius 2 is 2.11 bits per heavy atom. The van der Waals surface area contributed by atoms with Crippen LogP contribution in [0.4, 0.5) is 0 Å². The van der Waals surface area contributed by atoms with E-state index in [2.05, 4.69) is 4.98 Å². The van der Waals surface area contributed by atoms with Crippen molar-refractivity contribution in [1.29, 1.82) is 0 Å². The van der Waals surface area contributed by atoms with Gasteiger partial charge in [0.2, 0.25) is 0 Å². The highest BCUT2D eigenvalue weighted by Crippen LogP contribution is 2.15. The van der Waals surface area contributed by atoms with Gasteiger partial charge in [-0.15, -0.1) is 11.6 Å². The first kappa shape index (κ1) is 15.5. The van der Waals surface area contributed by atoms with Crippen molar-refractivity contribution in [1.82, 2.24) is 13.9 Å². The van der Waals surface area contributed by atoms with Gasteiger partial charge in [-0.3, -0.25) is 0 Å². The second kappa shape index (κ2) is 6.54. The number of rotatable bonds is 7. The Hall–Kier alpha value is -0.590. The predicted octanol–water partition coefficient (Wildman–Crippen LogP) is 1.76. The van der Waals surface area contributed by atoms with E-state index in [0.717, 1.165) is 12.8 Å². The van der Waals surface area contributed by atoms with E-state index in [1.54, 1.807) is 18.5 Å². The fourth-order valence-corrected chi connectivity index (χ4v) is 3.37. The SMILES string of the molecule is CCCCN(CCCl)S(=O)(=O)c1cn(C)c(C)n1. The summed E-state index contributed by atoms with van der Waals surface area (Å²) in [6.07, 6.45) is 3.30. The van der Waals surface area contributed by atoms with Crippen LogP contribution in [-0.2, 0) is 17.1 Å². The highest BCUT2D eigenvalue weighted by molar-refractivity contribution is 7.89. The molecule has 0 unspecified atom stereocenters. The van der Waals surface area contributed by atoms with Gasteiger partial charge in [-0.1, -0.05) is 13.3 Å². The molecule has 7 heteroatoms. The van der Waals surface area contributed by atoms with Gasteiger partial charge in [0.15, 0.2) is 5.03 Å². The summed E-state index contributed by atoms with van der Waals surface area (Å²) in [7, 11) is -1.74. The molecule has 0 spiro atoms. The lowest BCUT2D eigenvalue weighted by Crippen LogP contribution is -2.34. The number of sulfonamides is 1. The van der Waals surface area contributed by atoms with Crippen molar-refractivity contribution in [2.75, 3.05) is 19.0 Å². The average Bonchev–Trinajstić information content (AvgIpc) is 2.65. The molecule has 0 bridgehead atoms. The van der Waals surface area contributed by atoms with Crippen LogP contribution < -0.4 is 0 Å². The van der Waals surface area contributed by atoms with Gasteiger partial charge >= 0.3 is 0 Å². The maximum Gasteiger partial charge on any atom is 0.262 e. The topological polar surface area (TPSA) is 55.2 Å². The fraction of sp³-hybridized carbons (Fsp3) is 0.727. The van der Waals surface area contributed by atoms with E-state index in [1.165, 1.54) is 10.5 Å². The van der Waals surface area contributed by atoms with Crippen LogP contribution in [-0.4, -0.2) is 41.2 Å². The minimum Gasteiger partial charge on any atom is -0.337 e. The average molecular weight is 294 g/mol. The van der Waals surface area contributed by atoms with Crippen LogP contribution in [0.3, 0.4) is 0 Å².